The highest BCUT2D eigenvalue weighted by molar-refractivity contribution is 5.93. The highest BCUT2D eigenvalue weighted by atomic mass is 16.5. The topological polar surface area (TPSA) is 75.4 Å². The van der Waals surface area contributed by atoms with E-state index in [9.17, 15) is 4.79 Å². The molecule has 0 aliphatic heterocycles. The maximum absolute atomic E-state index is 13.0. The van der Waals surface area contributed by atoms with Gasteiger partial charge in [0.15, 0.2) is 5.43 Å². The molecule has 3 N–H and O–H groups in total. The molecule has 0 aliphatic carbocycles. The molecule has 0 bridgehead atoms. The largest absolute Gasteiger partial charge is 0.494 e. The molecule has 6 heteroatoms. The third-order valence-corrected chi connectivity index (χ3v) is 4.42. The van der Waals surface area contributed by atoms with Crippen LogP contribution in [0.5, 0.6) is 11.5 Å². The van der Waals surface area contributed by atoms with Crippen LogP contribution in [0.2, 0.25) is 0 Å². The molecule has 1 aromatic heterocycles. The van der Waals surface area contributed by atoms with Crippen molar-refractivity contribution in [3.63, 3.8) is 0 Å². The summed E-state index contributed by atoms with van der Waals surface area (Å²) in [6, 6.07) is 11.2. The zero-order valence-electron chi connectivity index (χ0n) is 15.9. The van der Waals surface area contributed by atoms with Crippen LogP contribution in [-0.2, 0) is 0 Å². The van der Waals surface area contributed by atoms with Gasteiger partial charge in [-0.3, -0.25) is 4.79 Å². The highest BCUT2D eigenvalue weighted by Crippen LogP contribution is 2.23. The van der Waals surface area contributed by atoms with Gasteiger partial charge in [0.1, 0.15) is 11.5 Å². The fourth-order valence-corrected chi connectivity index (χ4v) is 2.99. The minimum absolute atomic E-state index is 0.0138. The molecule has 0 saturated carbocycles. The van der Waals surface area contributed by atoms with Gasteiger partial charge in [-0.05, 0) is 76.4 Å². The van der Waals surface area contributed by atoms with E-state index in [0.717, 1.165) is 37.0 Å². The first-order valence-corrected chi connectivity index (χ1v) is 9.37. The minimum Gasteiger partial charge on any atom is -0.494 e. The quantitative estimate of drug-likeness (QED) is 0.378. The summed E-state index contributed by atoms with van der Waals surface area (Å²) in [7, 11) is 3.83. The molecule has 0 spiro atoms. The SMILES string of the molecule is CNCCCOc1ccc2[nH]c3ccc(OCCCNC)cc3c(=O)c2c1. The summed E-state index contributed by atoms with van der Waals surface area (Å²) in [6.45, 7) is 3.02. The molecule has 0 fully saturated rings. The molecule has 0 unspecified atom stereocenters. The molecular formula is C21H27N3O3. The number of H-pyrrole nitrogens is 1. The average Bonchev–Trinajstić information content (AvgIpc) is 2.69. The number of nitrogens with one attached hydrogen (secondary N) is 3. The number of aromatic amines is 1. The highest BCUT2D eigenvalue weighted by Gasteiger charge is 2.08. The lowest BCUT2D eigenvalue weighted by atomic mass is 10.1. The molecule has 0 aliphatic rings. The van der Waals surface area contributed by atoms with Crippen LogP contribution < -0.4 is 25.5 Å². The number of benzene rings is 2. The van der Waals surface area contributed by atoms with Gasteiger partial charge in [0.25, 0.3) is 0 Å². The van der Waals surface area contributed by atoms with Gasteiger partial charge >= 0.3 is 0 Å². The minimum atomic E-state index is -0.0138. The van der Waals surface area contributed by atoms with E-state index in [4.69, 9.17) is 9.47 Å². The van der Waals surface area contributed by atoms with Crippen LogP contribution in [0.4, 0.5) is 0 Å². The molecular weight excluding hydrogens is 342 g/mol. The van der Waals surface area contributed by atoms with Crippen molar-refractivity contribution in [1.29, 1.82) is 0 Å². The first-order chi connectivity index (χ1) is 13.2. The smallest absolute Gasteiger partial charge is 0.197 e. The van der Waals surface area contributed by atoms with E-state index < -0.39 is 0 Å². The van der Waals surface area contributed by atoms with E-state index in [1.54, 1.807) is 0 Å². The number of aromatic nitrogens is 1. The summed E-state index contributed by atoms with van der Waals surface area (Å²) < 4.78 is 11.5. The van der Waals surface area contributed by atoms with Crippen LogP contribution in [0.15, 0.2) is 41.2 Å². The number of fused-ring (bicyclic) bond motifs is 2. The Morgan fingerprint density at radius 3 is 1.74 bits per heavy atom. The van der Waals surface area contributed by atoms with E-state index >= 15 is 0 Å². The number of ether oxygens (including phenoxy) is 2. The molecule has 1 heterocycles. The van der Waals surface area contributed by atoms with E-state index in [1.165, 1.54) is 0 Å². The maximum atomic E-state index is 13.0. The van der Waals surface area contributed by atoms with Crippen LogP contribution in [0.3, 0.4) is 0 Å². The third-order valence-electron chi connectivity index (χ3n) is 4.42. The summed E-state index contributed by atoms with van der Waals surface area (Å²) >= 11 is 0. The lowest BCUT2D eigenvalue weighted by molar-refractivity contribution is 0.310. The summed E-state index contributed by atoms with van der Waals surface area (Å²) in [4.78, 5) is 16.3. The fourth-order valence-electron chi connectivity index (χ4n) is 2.99. The van der Waals surface area contributed by atoms with Gasteiger partial charge in [-0.2, -0.15) is 0 Å². The Morgan fingerprint density at radius 1 is 0.815 bits per heavy atom. The van der Waals surface area contributed by atoms with Gasteiger partial charge in [-0.1, -0.05) is 0 Å². The standard InChI is InChI=1S/C21H27N3O3/c1-22-9-3-11-26-15-5-7-19-17(13-15)21(25)18-14-16(6-8-20(18)24-19)27-12-4-10-23-2/h5-8,13-14,22-23H,3-4,9-12H2,1-2H3,(H,24,25). The van der Waals surface area contributed by atoms with Crippen LogP contribution in [0, 0.1) is 0 Å². The van der Waals surface area contributed by atoms with Crippen LogP contribution in [0.25, 0.3) is 21.8 Å². The van der Waals surface area contributed by atoms with Crippen molar-refractivity contribution in [3.8, 4) is 11.5 Å². The van der Waals surface area contributed by atoms with Crippen molar-refractivity contribution in [2.24, 2.45) is 0 Å². The van der Waals surface area contributed by atoms with Gasteiger partial charge in [0.2, 0.25) is 0 Å². The normalized spacial score (nSPS) is 11.2. The zero-order chi connectivity index (χ0) is 19.1. The maximum Gasteiger partial charge on any atom is 0.197 e. The van der Waals surface area contributed by atoms with Crippen molar-refractivity contribution in [2.75, 3.05) is 40.4 Å². The molecule has 0 saturated heterocycles. The summed E-state index contributed by atoms with van der Waals surface area (Å²) in [6.07, 6.45) is 1.83. The van der Waals surface area contributed by atoms with E-state index in [-0.39, 0.29) is 5.43 Å². The summed E-state index contributed by atoms with van der Waals surface area (Å²) in [5.41, 5.74) is 1.59. The molecule has 0 radical (unpaired) electrons. The molecule has 0 atom stereocenters. The summed E-state index contributed by atoms with van der Waals surface area (Å²) in [5, 5.41) is 7.43. The molecule has 2 aromatic carbocycles. The Hall–Kier alpha value is -2.57. The first-order valence-electron chi connectivity index (χ1n) is 9.37. The predicted octanol–water partition coefficient (Wildman–Crippen LogP) is 2.66. The molecule has 6 nitrogen and oxygen atoms in total. The Balaban J connectivity index is 1.86. The van der Waals surface area contributed by atoms with E-state index in [0.29, 0.717) is 35.5 Å². The number of pyridine rings is 1. The lowest BCUT2D eigenvalue weighted by Crippen LogP contribution is -2.12. The predicted molar refractivity (Wildman–Crippen MR) is 110 cm³/mol. The van der Waals surface area contributed by atoms with E-state index in [2.05, 4.69) is 15.6 Å². The van der Waals surface area contributed by atoms with Gasteiger partial charge in [-0.25, -0.2) is 0 Å². The Bertz CT molecular complexity index is 879. The number of rotatable bonds is 10. The van der Waals surface area contributed by atoms with Crippen LogP contribution in [0.1, 0.15) is 12.8 Å². The fraction of sp³-hybridized carbons (Fsp3) is 0.381. The van der Waals surface area contributed by atoms with Crippen molar-refractivity contribution in [2.45, 2.75) is 12.8 Å². The summed E-state index contributed by atoms with van der Waals surface area (Å²) in [5.74, 6) is 1.42. The number of hydrogen-bond donors (Lipinski definition) is 3. The van der Waals surface area contributed by atoms with Gasteiger partial charge < -0.3 is 25.1 Å². The molecule has 144 valence electrons. The second-order valence-corrected chi connectivity index (χ2v) is 6.48. The number of hydrogen-bond acceptors (Lipinski definition) is 5. The van der Waals surface area contributed by atoms with Crippen molar-refractivity contribution >= 4 is 21.8 Å². The molecule has 0 amide bonds. The Morgan fingerprint density at radius 2 is 1.30 bits per heavy atom. The first kappa shape index (κ1) is 19.2. The Labute approximate surface area is 158 Å². The van der Waals surface area contributed by atoms with Gasteiger partial charge in [0.05, 0.1) is 24.2 Å². The van der Waals surface area contributed by atoms with Gasteiger partial charge in [0, 0.05) is 10.8 Å². The van der Waals surface area contributed by atoms with Crippen LogP contribution in [-0.4, -0.2) is 45.4 Å². The van der Waals surface area contributed by atoms with Crippen molar-refractivity contribution in [1.82, 2.24) is 15.6 Å². The molecule has 3 aromatic rings. The average molecular weight is 369 g/mol. The third kappa shape index (κ3) is 4.78. The van der Waals surface area contributed by atoms with Crippen molar-refractivity contribution in [3.05, 3.63) is 46.6 Å². The van der Waals surface area contributed by atoms with Crippen molar-refractivity contribution < 1.29 is 9.47 Å². The Kier molecular flexibility index (Phi) is 6.68. The van der Waals surface area contributed by atoms with Crippen LogP contribution >= 0.6 is 0 Å². The lowest BCUT2D eigenvalue weighted by Gasteiger charge is -2.10. The molecule has 3 rings (SSSR count). The van der Waals surface area contributed by atoms with E-state index in [1.807, 2.05) is 50.5 Å². The zero-order valence-corrected chi connectivity index (χ0v) is 15.9. The second kappa shape index (κ2) is 9.39. The van der Waals surface area contributed by atoms with Gasteiger partial charge in [-0.15, -0.1) is 0 Å². The second-order valence-electron chi connectivity index (χ2n) is 6.48. The molecule has 27 heavy (non-hydrogen) atoms. The monoisotopic (exact) mass is 369 g/mol.